The topological polar surface area (TPSA) is 96.0 Å². The molecule has 2 fully saturated rings. The number of halogens is 2. The molecule has 200 valence electrons. The molecule has 0 spiro atoms. The third kappa shape index (κ3) is 5.96. The Morgan fingerprint density at radius 1 is 1.24 bits per heavy atom. The van der Waals surface area contributed by atoms with Crippen LogP contribution in [0.3, 0.4) is 0 Å². The van der Waals surface area contributed by atoms with Crippen LogP contribution in [-0.2, 0) is 30.5 Å². The fraction of sp³-hybridized carbons (Fsp3) is 0.556. The number of piperidine rings is 1. The molecule has 8 nitrogen and oxygen atoms in total. The lowest BCUT2D eigenvalue weighted by Gasteiger charge is -2.44. The number of fused-ring (bicyclic) bond motifs is 1. The molecule has 10 heteroatoms. The Hall–Kier alpha value is -2.58. The smallest absolute Gasteiger partial charge is 0.318 e. The molecule has 0 aromatic heterocycles. The maximum atomic E-state index is 13.7. The number of benzene rings is 1. The third-order valence-electron chi connectivity index (χ3n) is 7.44. The number of nitrogens with zero attached hydrogens (tertiary/aromatic N) is 2. The molecule has 1 aromatic rings. The first-order valence-corrected chi connectivity index (χ1v) is 13.7. The number of ether oxygens (including phenoxy) is 1. The number of hydrogen-bond acceptors (Lipinski definition) is 5. The second-order valence-corrected chi connectivity index (χ2v) is 10.7. The molecule has 2 saturated heterocycles. The predicted octanol–water partition coefficient (Wildman–Crippen LogP) is 4.09. The molecule has 4 rings (SSSR count). The van der Waals surface area contributed by atoms with Crippen LogP contribution >= 0.6 is 23.2 Å². The van der Waals surface area contributed by atoms with Crippen molar-refractivity contribution in [1.29, 1.82) is 0 Å². The van der Waals surface area contributed by atoms with Crippen molar-refractivity contribution in [3.05, 3.63) is 45.6 Å². The van der Waals surface area contributed by atoms with Crippen LogP contribution in [0.2, 0.25) is 10.0 Å². The van der Waals surface area contributed by atoms with Crippen LogP contribution in [0.5, 0.6) is 0 Å². The van der Waals surface area contributed by atoms with Crippen molar-refractivity contribution in [3.63, 3.8) is 0 Å². The minimum absolute atomic E-state index is 0.0270. The highest BCUT2D eigenvalue weighted by molar-refractivity contribution is 6.35. The summed E-state index contributed by atoms with van der Waals surface area (Å²) in [5, 5.41) is 3.80. The van der Waals surface area contributed by atoms with Crippen molar-refractivity contribution in [3.8, 4) is 0 Å². The molecular weight excluding hydrogens is 517 g/mol. The van der Waals surface area contributed by atoms with E-state index < -0.39 is 11.3 Å². The molecule has 0 unspecified atom stereocenters. The molecular formula is C27H33Cl2N3O5. The molecule has 0 radical (unpaired) electrons. The first-order valence-electron chi connectivity index (χ1n) is 12.9. The van der Waals surface area contributed by atoms with Gasteiger partial charge in [-0.3, -0.25) is 19.2 Å². The summed E-state index contributed by atoms with van der Waals surface area (Å²) in [5.41, 5.74) is 0.365. The average Bonchev–Trinajstić information content (AvgIpc) is 3.47. The normalized spacial score (nSPS) is 23.2. The minimum atomic E-state index is -0.968. The summed E-state index contributed by atoms with van der Waals surface area (Å²) in [6, 6.07) is 5.09. The number of likely N-dealkylation sites (tertiary alicyclic amines) is 2. The predicted molar refractivity (Wildman–Crippen MR) is 140 cm³/mol. The second kappa shape index (κ2) is 11.9. The zero-order valence-electron chi connectivity index (χ0n) is 21.1. The first kappa shape index (κ1) is 27.5. The summed E-state index contributed by atoms with van der Waals surface area (Å²) in [6.45, 7) is 3.95. The third-order valence-corrected chi connectivity index (χ3v) is 8.03. The largest absolute Gasteiger partial charge is 0.465 e. The van der Waals surface area contributed by atoms with Gasteiger partial charge in [-0.1, -0.05) is 35.3 Å². The van der Waals surface area contributed by atoms with Crippen molar-refractivity contribution < 1.29 is 23.9 Å². The van der Waals surface area contributed by atoms with Gasteiger partial charge in [0.05, 0.1) is 13.2 Å². The summed E-state index contributed by atoms with van der Waals surface area (Å²) in [5.74, 6) is -1.34. The fourth-order valence-corrected chi connectivity index (χ4v) is 6.11. The van der Waals surface area contributed by atoms with E-state index in [0.29, 0.717) is 60.1 Å². The Balaban J connectivity index is 1.48. The van der Waals surface area contributed by atoms with E-state index in [-0.39, 0.29) is 49.7 Å². The van der Waals surface area contributed by atoms with Gasteiger partial charge < -0.3 is 19.9 Å². The molecule has 3 aliphatic rings. The standard InChI is InChI=1S/C27H33Cl2N3O5/c1-2-37-26(36)27-10-3-6-22(27)32(17-18-8-9-20(28)15-21(18)29)25(35)19(16-27)14-23(33)30-11-5-13-31-12-4-7-24(31)34/h6,8-9,15,19H,2-5,7,10-14,16-17H2,1H3,(H,30,33)/t19-,27-/m0/s1. The molecule has 1 N–H and O–H groups in total. The van der Waals surface area contributed by atoms with E-state index in [1.54, 1.807) is 30.0 Å². The maximum absolute atomic E-state index is 13.7. The van der Waals surface area contributed by atoms with E-state index in [1.807, 2.05) is 11.0 Å². The van der Waals surface area contributed by atoms with Crippen LogP contribution in [0.4, 0.5) is 0 Å². The van der Waals surface area contributed by atoms with Gasteiger partial charge in [-0.25, -0.2) is 0 Å². The zero-order valence-corrected chi connectivity index (χ0v) is 22.6. The van der Waals surface area contributed by atoms with Gasteiger partial charge in [0.2, 0.25) is 17.7 Å². The van der Waals surface area contributed by atoms with E-state index in [9.17, 15) is 19.2 Å². The Morgan fingerprint density at radius 2 is 2.05 bits per heavy atom. The highest BCUT2D eigenvalue weighted by atomic mass is 35.5. The van der Waals surface area contributed by atoms with Crippen LogP contribution < -0.4 is 5.32 Å². The molecule has 1 aliphatic carbocycles. The number of hydrogen-bond donors (Lipinski definition) is 1. The number of allylic oxidation sites excluding steroid dienone is 1. The second-order valence-electron chi connectivity index (χ2n) is 9.88. The first-order chi connectivity index (χ1) is 17.7. The summed E-state index contributed by atoms with van der Waals surface area (Å²) < 4.78 is 5.46. The summed E-state index contributed by atoms with van der Waals surface area (Å²) in [4.78, 5) is 54.9. The number of carbonyl (C=O) groups excluding carboxylic acids is 4. The molecule has 37 heavy (non-hydrogen) atoms. The quantitative estimate of drug-likeness (QED) is 0.350. The van der Waals surface area contributed by atoms with Gasteiger partial charge in [-0.2, -0.15) is 0 Å². The monoisotopic (exact) mass is 549 g/mol. The molecule has 1 aromatic carbocycles. The summed E-state index contributed by atoms with van der Waals surface area (Å²) in [7, 11) is 0. The van der Waals surface area contributed by atoms with Crippen LogP contribution in [-0.4, -0.2) is 59.7 Å². The van der Waals surface area contributed by atoms with E-state index >= 15 is 0 Å². The number of esters is 1. The van der Waals surface area contributed by atoms with Crippen LogP contribution in [0.15, 0.2) is 30.0 Å². The van der Waals surface area contributed by atoms with Gasteiger partial charge in [0.25, 0.3) is 0 Å². The Kier molecular flexibility index (Phi) is 8.80. The number of nitrogens with one attached hydrogen (secondary N) is 1. The summed E-state index contributed by atoms with van der Waals surface area (Å²) in [6.07, 6.45) is 5.42. The molecule has 0 saturated carbocycles. The van der Waals surface area contributed by atoms with E-state index in [4.69, 9.17) is 27.9 Å². The van der Waals surface area contributed by atoms with E-state index in [0.717, 1.165) is 13.0 Å². The van der Waals surface area contributed by atoms with Crippen molar-refractivity contribution >= 4 is 46.9 Å². The van der Waals surface area contributed by atoms with Crippen molar-refractivity contribution in [1.82, 2.24) is 15.1 Å². The molecule has 2 atom stereocenters. The van der Waals surface area contributed by atoms with Crippen LogP contribution in [0.1, 0.15) is 57.4 Å². The average molecular weight is 550 g/mol. The van der Waals surface area contributed by atoms with Crippen molar-refractivity contribution in [2.75, 3.05) is 26.2 Å². The molecule has 2 heterocycles. The fourth-order valence-electron chi connectivity index (χ4n) is 5.64. The van der Waals surface area contributed by atoms with Gasteiger partial charge in [0.1, 0.15) is 5.41 Å². The minimum Gasteiger partial charge on any atom is -0.465 e. The highest BCUT2D eigenvalue weighted by Crippen LogP contribution is 2.51. The van der Waals surface area contributed by atoms with Gasteiger partial charge in [-0.15, -0.1) is 0 Å². The maximum Gasteiger partial charge on any atom is 0.318 e. The number of amides is 3. The number of carbonyl (C=O) groups is 4. The van der Waals surface area contributed by atoms with Gasteiger partial charge >= 0.3 is 5.97 Å². The van der Waals surface area contributed by atoms with Gasteiger partial charge in [-0.05, 0) is 56.7 Å². The van der Waals surface area contributed by atoms with Crippen molar-refractivity contribution in [2.24, 2.45) is 11.3 Å². The lowest BCUT2D eigenvalue weighted by molar-refractivity contribution is -0.161. The molecule has 2 aliphatic heterocycles. The lowest BCUT2D eigenvalue weighted by atomic mass is 9.71. The number of rotatable bonds is 10. The van der Waals surface area contributed by atoms with E-state index in [1.165, 1.54) is 0 Å². The van der Waals surface area contributed by atoms with Gasteiger partial charge in [0, 0.05) is 54.1 Å². The lowest BCUT2D eigenvalue weighted by Crippen LogP contribution is -2.52. The van der Waals surface area contributed by atoms with Crippen molar-refractivity contribution in [2.45, 2.75) is 58.4 Å². The Labute approximate surface area is 227 Å². The van der Waals surface area contributed by atoms with Crippen LogP contribution in [0.25, 0.3) is 0 Å². The van der Waals surface area contributed by atoms with Gasteiger partial charge in [0.15, 0.2) is 0 Å². The SMILES string of the molecule is CCOC(=O)[C@]12CCC=C1N(Cc1ccc(Cl)cc1Cl)C(=O)[C@@H](CC(=O)NCCCN1CCCC1=O)C2. The van der Waals surface area contributed by atoms with E-state index in [2.05, 4.69) is 5.32 Å². The summed E-state index contributed by atoms with van der Waals surface area (Å²) >= 11 is 12.5. The zero-order chi connectivity index (χ0) is 26.6. The molecule has 3 amide bonds. The Morgan fingerprint density at radius 3 is 2.76 bits per heavy atom. The Bertz CT molecular complexity index is 1110. The highest BCUT2D eigenvalue weighted by Gasteiger charge is 2.55. The molecule has 0 bridgehead atoms. The van der Waals surface area contributed by atoms with Crippen LogP contribution in [0, 0.1) is 11.3 Å².